The first kappa shape index (κ1) is 21.2. The van der Waals surface area contributed by atoms with E-state index in [9.17, 15) is 4.79 Å². The number of hydrogen-bond acceptors (Lipinski definition) is 5. The number of thioether (sulfide) groups is 1. The van der Waals surface area contributed by atoms with Crippen LogP contribution in [0.2, 0.25) is 0 Å². The number of amides is 1. The van der Waals surface area contributed by atoms with Gasteiger partial charge in [0, 0.05) is 18.8 Å². The molecule has 3 aromatic rings. The molecule has 2 aromatic carbocycles. The third-order valence-corrected chi connectivity index (χ3v) is 6.45. The van der Waals surface area contributed by atoms with Crippen LogP contribution < -0.4 is 9.64 Å². The molecule has 0 saturated carbocycles. The first-order chi connectivity index (χ1) is 15.1. The maximum absolute atomic E-state index is 13.3. The Morgan fingerprint density at radius 2 is 2.00 bits per heavy atom. The summed E-state index contributed by atoms with van der Waals surface area (Å²) >= 11 is 1.43. The number of rotatable bonds is 7. The molecule has 0 fully saturated rings. The SMILES string of the molecule is C=CCn1c(SC(C)C(=O)N2CCCc3ccccc32)nnc1-c1ccccc1OC. The van der Waals surface area contributed by atoms with E-state index in [4.69, 9.17) is 4.74 Å². The summed E-state index contributed by atoms with van der Waals surface area (Å²) in [4.78, 5) is 15.2. The number of anilines is 1. The number of allylic oxidation sites excluding steroid dienone is 1. The van der Waals surface area contributed by atoms with Gasteiger partial charge in [0.25, 0.3) is 0 Å². The molecule has 6 nitrogen and oxygen atoms in total. The van der Waals surface area contributed by atoms with Crippen LogP contribution >= 0.6 is 11.8 Å². The van der Waals surface area contributed by atoms with E-state index in [0.717, 1.165) is 36.4 Å². The summed E-state index contributed by atoms with van der Waals surface area (Å²) in [5, 5.41) is 9.20. The second-order valence-corrected chi connectivity index (χ2v) is 8.70. The fraction of sp³-hybridized carbons (Fsp3) is 0.292. The number of hydrogen-bond donors (Lipinski definition) is 0. The Morgan fingerprint density at radius 1 is 1.23 bits per heavy atom. The molecule has 160 valence electrons. The van der Waals surface area contributed by atoms with E-state index in [-0.39, 0.29) is 11.2 Å². The van der Waals surface area contributed by atoms with Gasteiger partial charge in [0.1, 0.15) is 5.75 Å². The molecule has 4 rings (SSSR count). The molecule has 1 aromatic heterocycles. The quantitative estimate of drug-likeness (QED) is 0.402. The predicted molar refractivity (Wildman–Crippen MR) is 125 cm³/mol. The van der Waals surface area contributed by atoms with Crippen LogP contribution in [0.15, 0.2) is 66.3 Å². The summed E-state index contributed by atoms with van der Waals surface area (Å²) in [6, 6.07) is 15.9. The number of para-hydroxylation sites is 2. The van der Waals surface area contributed by atoms with Gasteiger partial charge in [-0.15, -0.1) is 16.8 Å². The minimum atomic E-state index is -0.301. The molecular formula is C24H26N4O2S. The zero-order valence-electron chi connectivity index (χ0n) is 17.8. The standard InChI is InChI=1S/C24H26N4O2S/c1-4-15-28-22(19-12-6-8-14-21(19)30-3)25-26-24(28)31-17(2)23(29)27-16-9-11-18-10-5-7-13-20(18)27/h4-8,10,12-14,17H,1,9,11,15-16H2,2-3H3. The van der Waals surface area contributed by atoms with Gasteiger partial charge in [-0.2, -0.15) is 0 Å². The Morgan fingerprint density at radius 3 is 2.81 bits per heavy atom. The third kappa shape index (κ3) is 4.23. The van der Waals surface area contributed by atoms with Crippen LogP contribution in [0.5, 0.6) is 5.75 Å². The number of aromatic nitrogens is 3. The van der Waals surface area contributed by atoms with Crippen LogP contribution in [0, 0.1) is 0 Å². The van der Waals surface area contributed by atoms with Crippen LogP contribution in [0.25, 0.3) is 11.4 Å². The molecule has 0 N–H and O–H groups in total. The Hall–Kier alpha value is -3.06. The summed E-state index contributed by atoms with van der Waals surface area (Å²) in [6.45, 7) is 7.09. The van der Waals surface area contributed by atoms with Gasteiger partial charge in [0.05, 0.1) is 17.9 Å². The lowest BCUT2D eigenvalue weighted by Gasteiger charge is -2.31. The van der Waals surface area contributed by atoms with E-state index >= 15 is 0 Å². The van der Waals surface area contributed by atoms with Crippen molar-refractivity contribution < 1.29 is 9.53 Å². The first-order valence-electron chi connectivity index (χ1n) is 10.4. The van der Waals surface area contributed by atoms with Crippen molar-refractivity contribution >= 4 is 23.4 Å². The van der Waals surface area contributed by atoms with E-state index in [0.29, 0.717) is 17.5 Å². The highest BCUT2D eigenvalue weighted by molar-refractivity contribution is 8.00. The Balaban J connectivity index is 1.60. The molecule has 0 saturated heterocycles. The lowest BCUT2D eigenvalue weighted by Crippen LogP contribution is -2.40. The number of fused-ring (bicyclic) bond motifs is 1. The van der Waals surface area contributed by atoms with Crippen LogP contribution in [-0.2, 0) is 17.8 Å². The van der Waals surface area contributed by atoms with Crippen LogP contribution in [0.1, 0.15) is 18.9 Å². The lowest BCUT2D eigenvalue weighted by molar-refractivity contribution is -0.117. The van der Waals surface area contributed by atoms with Gasteiger partial charge in [-0.05, 0) is 43.5 Å². The van der Waals surface area contributed by atoms with Crippen LogP contribution in [0.3, 0.4) is 0 Å². The fourth-order valence-electron chi connectivity index (χ4n) is 3.89. The minimum Gasteiger partial charge on any atom is -0.496 e. The maximum atomic E-state index is 13.3. The maximum Gasteiger partial charge on any atom is 0.240 e. The minimum absolute atomic E-state index is 0.0872. The van der Waals surface area contributed by atoms with Crippen molar-refractivity contribution in [3.8, 4) is 17.1 Å². The predicted octanol–water partition coefficient (Wildman–Crippen LogP) is 4.60. The molecule has 0 spiro atoms. The number of benzene rings is 2. The normalized spacial score (nSPS) is 14.1. The van der Waals surface area contributed by atoms with Gasteiger partial charge in [-0.25, -0.2) is 0 Å². The number of nitrogens with zero attached hydrogens (tertiary/aromatic N) is 4. The van der Waals surface area contributed by atoms with Crippen molar-refractivity contribution in [2.24, 2.45) is 0 Å². The largest absolute Gasteiger partial charge is 0.496 e. The molecule has 0 bridgehead atoms. The number of aryl methyl sites for hydroxylation is 1. The number of ether oxygens (including phenoxy) is 1. The van der Waals surface area contributed by atoms with Crippen molar-refractivity contribution in [2.45, 2.75) is 36.7 Å². The van der Waals surface area contributed by atoms with Crippen molar-refractivity contribution in [1.82, 2.24) is 14.8 Å². The fourth-order valence-corrected chi connectivity index (χ4v) is 4.81. The first-order valence-corrected chi connectivity index (χ1v) is 11.3. The highest BCUT2D eigenvalue weighted by Gasteiger charge is 2.28. The molecule has 0 radical (unpaired) electrons. The second kappa shape index (κ2) is 9.39. The average Bonchev–Trinajstić information content (AvgIpc) is 3.20. The summed E-state index contributed by atoms with van der Waals surface area (Å²) < 4.78 is 7.48. The molecule has 1 aliphatic rings. The zero-order chi connectivity index (χ0) is 21.8. The smallest absolute Gasteiger partial charge is 0.240 e. The molecule has 1 amide bonds. The van der Waals surface area contributed by atoms with E-state index < -0.39 is 0 Å². The molecular weight excluding hydrogens is 408 g/mol. The van der Waals surface area contributed by atoms with Crippen LogP contribution in [0.4, 0.5) is 5.69 Å². The summed E-state index contributed by atoms with van der Waals surface area (Å²) in [6.07, 6.45) is 3.79. The van der Waals surface area contributed by atoms with Gasteiger partial charge in [-0.1, -0.05) is 48.2 Å². The zero-order valence-corrected chi connectivity index (χ0v) is 18.6. The van der Waals surface area contributed by atoms with E-state index in [2.05, 4.69) is 22.8 Å². The van der Waals surface area contributed by atoms with Gasteiger partial charge in [0.15, 0.2) is 11.0 Å². The summed E-state index contributed by atoms with van der Waals surface area (Å²) in [7, 11) is 1.64. The molecule has 7 heteroatoms. The van der Waals surface area contributed by atoms with Gasteiger partial charge < -0.3 is 9.64 Å². The van der Waals surface area contributed by atoms with Crippen molar-refractivity contribution in [1.29, 1.82) is 0 Å². The van der Waals surface area contributed by atoms with E-state index in [1.54, 1.807) is 13.2 Å². The highest BCUT2D eigenvalue weighted by Crippen LogP contribution is 2.34. The monoisotopic (exact) mass is 434 g/mol. The molecule has 2 heterocycles. The summed E-state index contributed by atoms with van der Waals surface area (Å²) in [5.41, 5.74) is 3.11. The Bertz CT molecular complexity index is 1090. The second-order valence-electron chi connectivity index (χ2n) is 7.39. The molecule has 1 aliphatic heterocycles. The van der Waals surface area contributed by atoms with Crippen molar-refractivity contribution in [2.75, 3.05) is 18.6 Å². The Labute approximate surface area is 186 Å². The van der Waals surface area contributed by atoms with Crippen molar-refractivity contribution in [3.05, 3.63) is 66.7 Å². The number of methoxy groups -OCH3 is 1. The molecule has 0 aliphatic carbocycles. The van der Waals surface area contributed by atoms with Gasteiger partial charge >= 0.3 is 0 Å². The topological polar surface area (TPSA) is 60.2 Å². The summed E-state index contributed by atoms with van der Waals surface area (Å²) in [5.74, 6) is 1.51. The Kier molecular flexibility index (Phi) is 6.42. The van der Waals surface area contributed by atoms with Crippen molar-refractivity contribution in [3.63, 3.8) is 0 Å². The molecule has 1 atom stereocenters. The molecule has 31 heavy (non-hydrogen) atoms. The number of carbonyl (C=O) groups excluding carboxylic acids is 1. The average molecular weight is 435 g/mol. The van der Waals surface area contributed by atoms with E-state index in [1.165, 1.54) is 17.3 Å². The van der Waals surface area contributed by atoms with Crippen LogP contribution in [-0.4, -0.2) is 39.6 Å². The van der Waals surface area contributed by atoms with E-state index in [1.807, 2.05) is 58.9 Å². The lowest BCUT2D eigenvalue weighted by atomic mass is 10.0. The number of carbonyl (C=O) groups is 1. The highest BCUT2D eigenvalue weighted by atomic mass is 32.2. The molecule has 1 unspecified atom stereocenters. The van der Waals surface area contributed by atoms with Gasteiger partial charge in [0.2, 0.25) is 5.91 Å². The third-order valence-electron chi connectivity index (χ3n) is 5.38. The van der Waals surface area contributed by atoms with Gasteiger partial charge in [-0.3, -0.25) is 9.36 Å².